The Morgan fingerprint density at radius 2 is 1.09 bits per heavy atom. The van der Waals surface area contributed by atoms with E-state index in [-0.39, 0.29) is 10.8 Å². The molecule has 2 aliphatic heterocycles. The average Bonchev–Trinajstić information content (AvgIpc) is 3.71. The van der Waals surface area contributed by atoms with Crippen LogP contribution in [0.3, 0.4) is 0 Å². The first kappa shape index (κ1) is 31.8. The van der Waals surface area contributed by atoms with Crippen molar-refractivity contribution < 1.29 is 0 Å². The molecule has 45 heavy (non-hydrogen) atoms. The molecule has 1 N–H and O–H groups in total. The molecule has 4 aromatic rings. The Kier molecular flexibility index (Phi) is 9.71. The third-order valence-corrected chi connectivity index (χ3v) is 13.5. The molecule has 2 saturated carbocycles. The van der Waals surface area contributed by atoms with Crippen LogP contribution in [-0.2, 0) is 10.8 Å². The van der Waals surface area contributed by atoms with Crippen molar-refractivity contribution in [2.75, 3.05) is 33.2 Å². The molecule has 238 valence electrons. The van der Waals surface area contributed by atoms with Crippen LogP contribution in [0.1, 0.15) is 109 Å². The number of aromatic nitrogens is 2. The first-order valence-corrected chi connectivity index (χ1v) is 19.3. The van der Waals surface area contributed by atoms with E-state index in [2.05, 4.69) is 52.3 Å². The summed E-state index contributed by atoms with van der Waals surface area (Å²) in [6.45, 7) is 4.65. The van der Waals surface area contributed by atoms with Crippen LogP contribution in [-0.4, -0.2) is 48.1 Å². The van der Waals surface area contributed by atoms with Crippen molar-refractivity contribution in [1.29, 1.82) is 0 Å². The fourth-order valence-electron chi connectivity index (χ4n) is 7.70. The highest BCUT2D eigenvalue weighted by atomic mass is 35.5. The van der Waals surface area contributed by atoms with Gasteiger partial charge in [-0.3, -0.25) is 0 Å². The van der Waals surface area contributed by atoms with Crippen LogP contribution in [0, 0.1) is 0 Å². The Morgan fingerprint density at radius 3 is 1.49 bits per heavy atom. The maximum absolute atomic E-state index is 6.07. The van der Waals surface area contributed by atoms with E-state index in [4.69, 9.17) is 33.2 Å². The van der Waals surface area contributed by atoms with Gasteiger partial charge in [0.2, 0.25) is 0 Å². The molecule has 0 atom stereocenters. The summed E-state index contributed by atoms with van der Waals surface area (Å²) >= 11 is 15.9. The normalized spacial score (nSPS) is 21.8. The molecular weight excluding hydrogens is 635 g/mol. The van der Waals surface area contributed by atoms with Crippen molar-refractivity contribution in [3.8, 4) is 0 Å². The van der Waals surface area contributed by atoms with Gasteiger partial charge in [-0.2, -0.15) is 0 Å². The summed E-state index contributed by atoms with van der Waals surface area (Å²) in [4.78, 5) is 12.6. The summed E-state index contributed by atoms with van der Waals surface area (Å²) in [6, 6.07) is 16.8. The fraction of sp³-hybridized carbons (Fsp3) is 0.514. The second-order valence-electron chi connectivity index (χ2n) is 13.6. The van der Waals surface area contributed by atoms with E-state index in [1.807, 2.05) is 46.9 Å². The van der Waals surface area contributed by atoms with E-state index in [0.29, 0.717) is 11.8 Å². The van der Waals surface area contributed by atoms with E-state index >= 15 is 0 Å². The van der Waals surface area contributed by atoms with Gasteiger partial charge in [-0.15, -0.1) is 22.7 Å². The summed E-state index contributed by atoms with van der Waals surface area (Å²) in [5.41, 5.74) is 5.64. The number of hydrogen-bond acceptors (Lipinski definition) is 6. The summed E-state index contributed by atoms with van der Waals surface area (Å²) < 4.78 is 0. The van der Waals surface area contributed by atoms with E-state index in [1.165, 1.54) is 110 Å². The number of nitrogens with zero attached hydrogens (tertiary/aromatic N) is 3. The lowest BCUT2D eigenvalue weighted by Gasteiger charge is -2.41. The Bertz CT molecular complexity index is 1540. The van der Waals surface area contributed by atoms with E-state index < -0.39 is 0 Å². The van der Waals surface area contributed by atoms with Gasteiger partial charge in [-0.1, -0.05) is 60.3 Å². The number of piperidine rings is 2. The van der Waals surface area contributed by atoms with Gasteiger partial charge in [0.25, 0.3) is 0 Å². The molecule has 4 fully saturated rings. The predicted octanol–water partition coefficient (Wildman–Crippen LogP) is 9.81. The number of halogens is 2. The average molecular weight is 680 g/mol. The van der Waals surface area contributed by atoms with Crippen LogP contribution in [0.15, 0.2) is 59.3 Å². The minimum absolute atomic E-state index is 0.144. The fourth-order valence-corrected chi connectivity index (χ4v) is 10.1. The van der Waals surface area contributed by atoms with Crippen molar-refractivity contribution in [3.63, 3.8) is 0 Å². The predicted molar refractivity (Wildman–Crippen MR) is 191 cm³/mol. The molecule has 4 nitrogen and oxygen atoms in total. The molecule has 0 spiro atoms. The largest absolute Gasteiger partial charge is 0.317 e. The molecule has 8 heteroatoms. The maximum atomic E-state index is 6.07. The van der Waals surface area contributed by atoms with Gasteiger partial charge in [-0.05, 0) is 120 Å². The van der Waals surface area contributed by atoms with Crippen LogP contribution < -0.4 is 5.32 Å². The smallest absolute Gasteiger partial charge is 0.0960 e. The van der Waals surface area contributed by atoms with Crippen molar-refractivity contribution in [3.05, 3.63) is 102 Å². The zero-order valence-electron chi connectivity index (χ0n) is 26.2. The topological polar surface area (TPSA) is 41.1 Å². The lowest BCUT2D eigenvalue weighted by Crippen LogP contribution is -2.36. The molecule has 0 radical (unpaired) electrons. The van der Waals surface area contributed by atoms with Crippen LogP contribution >= 0.6 is 45.9 Å². The molecule has 4 aliphatic rings. The standard InChI is InChI=1S/C19H23ClN2S.C18H21ClN2S/c1-22-11-7-14(8-12-22)18-21-17(13-23-18)19(9-2-10-19)15-3-5-16(20)6-4-15;19-15-4-2-14(3-5-15)18(8-1-9-18)16-12-22-17(21-16)13-6-10-20-11-7-13/h3-6,13-14H,2,7-12H2,1H3;2-5,12-13,20H,1,6-11H2. The summed E-state index contributed by atoms with van der Waals surface area (Å²) in [5.74, 6) is 1.31. The quantitative estimate of drug-likeness (QED) is 0.220. The van der Waals surface area contributed by atoms with Crippen molar-refractivity contribution in [2.45, 2.75) is 86.9 Å². The zero-order chi connectivity index (χ0) is 30.9. The SMILES string of the molecule is CN1CCC(c2nc(C3(c4ccc(Cl)cc4)CCC3)cs2)CC1.Clc1ccc(C2(c3csc(C4CCNCC4)n3)CCC2)cc1. The van der Waals surface area contributed by atoms with Crippen LogP contribution in [0.25, 0.3) is 0 Å². The van der Waals surface area contributed by atoms with Gasteiger partial charge in [0.05, 0.1) is 21.4 Å². The van der Waals surface area contributed by atoms with E-state index in [9.17, 15) is 0 Å². The van der Waals surface area contributed by atoms with Crippen LogP contribution in [0.4, 0.5) is 0 Å². The third-order valence-electron chi connectivity index (χ3n) is 11.0. The number of likely N-dealkylation sites (tertiary alicyclic amines) is 1. The van der Waals surface area contributed by atoms with Crippen molar-refractivity contribution in [1.82, 2.24) is 20.2 Å². The molecule has 2 aromatic heterocycles. The highest BCUT2D eigenvalue weighted by Gasteiger charge is 2.43. The van der Waals surface area contributed by atoms with Gasteiger partial charge in [0, 0.05) is 43.5 Å². The van der Waals surface area contributed by atoms with Gasteiger partial charge in [-0.25, -0.2) is 9.97 Å². The molecule has 4 heterocycles. The number of thiazole rings is 2. The Hall–Kier alpha value is -1.80. The monoisotopic (exact) mass is 678 g/mol. The molecule has 0 bridgehead atoms. The van der Waals surface area contributed by atoms with Crippen LogP contribution in [0.5, 0.6) is 0 Å². The summed E-state index contributed by atoms with van der Waals surface area (Å²) in [7, 11) is 2.22. The van der Waals surface area contributed by atoms with Gasteiger partial charge in [0.1, 0.15) is 0 Å². The van der Waals surface area contributed by atoms with E-state index in [1.54, 1.807) is 0 Å². The third kappa shape index (κ3) is 6.53. The lowest BCUT2D eigenvalue weighted by atomic mass is 9.63. The molecule has 0 amide bonds. The minimum atomic E-state index is 0.144. The summed E-state index contributed by atoms with van der Waals surface area (Å²) in [6.07, 6.45) is 12.4. The number of rotatable bonds is 6. The number of nitrogens with one attached hydrogen (secondary N) is 1. The Labute approximate surface area is 286 Å². The Balaban J connectivity index is 0.000000145. The number of benzene rings is 2. The molecule has 2 aromatic carbocycles. The highest BCUT2D eigenvalue weighted by Crippen LogP contribution is 2.51. The molecule has 0 unspecified atom stereocenters. The van der Waals surface area contributed by atoms with Crippen molar-refractivity contribution >= 4 is 45.9 Å². The number of hydrogen-bond donors (Lipinski definition) is 1. The van der Waals surface area contributed by atoms with Gasteiger partial charge < -0.3 is 10.2 Å². The highest BCUT2D eigenvalue weighted by molar-refractivity contribution is 7.10. The molecule has 8 rings (SSSR count). The zero-order valence-corrected chi connectivity index (χ0v) is 29.4. The second kappa shape index (κ2) is 13.7. The lowest BCUT2D eigenvalue weighted by molar-refractivity contribution is 0.254. The molecule has 2 saturated heterocycles. The first-order chi connectivity index (χ1) is 21.9. The summed E-state index contributed by atoms with van der Waals surface area (Å²) in [5, 5.41) is 12.4. The van der Waals surface area contributed by atoms with Crippen LogP contribution in [0.2, 0.25) is 10.0 Å². The molecular formula is C37H44Cl2N4S2. The van der Waals surface area contributed by atoms with Crippen molar-refractivity contribution in [2.24, 2.45) is 0 Å². The van der Waals surface area contributed by atoms with Gasteiger partial charge >= 0.3 is 0 Å². The minimum Gasteiger partial charge on any atom is -0.317 e. The van der Waals surface area contributed by atoms with Gasteiger partial charge in [0.15, 0.2) is 0 Å². The Morgan fingerprint density at radius 1 is 0.667 bits per heavy atom. The second-order valence-corrected chi connectivity index (χ2v) is 16.3. The molecule has 2 aliphatic carbocycles. The van der Waals surface area contributed by atoms with E-state index in [0.717, 1.165) is 23.1 Å². The maximum Gasteiger partial charge on any atom is 0.0960 e. The first-order valence-electron chi connectivity index (χ1n) is 16.8.